The van der Waals surface area contributed by atoms with Gasteiger partial charge in [-0.05, 0) is 36.9 Å². The second-order valence-electron chi connectivity index (χ2n) is 6.27. The molecule has 0 spiro atoms. The van der Waals surface area contributed by atoms with E-state index in [4.69, 9.17) is 11.6 Å². The Kier molecular flexibility index (Phi) is 5.29. The summed E-state index contributed by atoms with van der Waals surface area (Å²) in [5.41, 5.74) is 1.92. The highest BCUT2D eigenvalue weighted by Gasteiger charge is 2.15. The first-order chi connectivity index (χ1) is 11.5. The van der Waals surface area contributed by atoms with Crippen molar-refractivity contribution in [2.75, 3.05) is 33.2 Å². The summed E-state index contributed by atoms with van der Waals surface area (Å²) in [5, 5.41) is 0.229. The molecule has 3 nitrogen and oxygen atoms in total. The van der Waals surface area contributed by atoms with Crippen LogP contribution in [-0.2, 0) is 6.54 Å². The third kappa shape index (κ3) is 4.20. The van der Waals surface area contributed by atoms with Gasteiger partial charge in [-0.2, -0.15) is 0 Å². The Bertz CT molecular complexity index is 722. The number of halogens is 2. The molecule has 0 unspecified atom stereocenters. The zero-order chi connectivity index (χ0) is 17.1. The Labute approximate surface area is 146 Å². The highest BCUT2D eigenvalue weighted by Crippen LogP contribution is 2.19. The van der Waals surface area contributed by atoms with Crippen molar-refractivity contribution in [3.8, 4) is 0 Å². The van der Waals surface area contributed by atoms with E-state index in [2.05, 4.69) is 16.8 Å². The van der Waals surface area contributed by atoms with E-state index in [-0.39, 0.29) is 16.4 Å². The largest absolute Gasteiger partial charge is 0.304 e. The Morgan fingerprint density at radius 3 is 2.54 bits per heavy atom. The molecule has 0 saturated carbocycles. The molecule has 1 aliphatic heterocycles. The predicted octanol–water partition coefficient (Wildman–Crippen LogP) is 3.46. The summed E-state index contributed by atoms with van der Waals surface area (Å²) in [6.07, 6.45) is 0. The highest BCUT2D eigenvalue weighted by atomic mass is 35.5. The molecule has 3 rings (SSSR count). The fourth-order valence-electron chi connectivity index (χ4n) is 2.93. The van der Waals surface area contributed by atoms with E-state index in [1.54, 1.807) is 6.07 Å². The molecule has 0 aromatic heterocycles. The number of likely N-dealkylation sites (N-methyl/N-ethyl adjacent to an activating group) is 1. The third-order valence-corrected chi connectivity index (χ3v) is 4.53. The SMILES string of the molecule is CN1CCN(Cc2cccc(C(=O)c3cc(F)cc(Cl)c3)c2)CC1. The zero-order valence-corrected chi connectivity index (χ0v) is 14.4. The maximum absolute atomic E-state index is 13.5. The van der Waals surface area contributed by atoms with Crippen LogP contribution < -0.4 is 0 Å². The lowest BCUT2D eigenvalue weighted by atomic mass is 10.0. The van der Waals surface area contributed by atoms with E-state index in [1.807, 2.05) is 18.2 Å². The minimum Gasteiger partial charge on any atom is -0.304 e. The molecule has 0 N–H and O–H groups in total. The number of hydrogen-bond acceptors (Lipinski definition) is 3. The number of carbonyl (C=O) groups excluding carboxylic acids is 1. The third-order valence-electron chi connectivity index (χ3n) is 4.32. The molecular weight excluding hydrogens is 327 g/mol. The Balaban J connectivity index is 1.76. The summed E-state index contributed by atoms with van der Waals surface area (Å²) in [6, 6.07) is 11.5. The van der Waals surface area contributed by atoms with Crippen molar-refractivity contribution in [2.45, 2.75) is 6.54 Å². The van der Waals surface area contributed by atoms with Gasteiger partial charge in [0.25, 0.3) is 0 Å². The molecule has 0 amide bonds. The summed E-state index contributed by atoms with van der Waals surface area (Å²) in [7, 11) is 2.13. The smallest absolute Gasteiger partial charge is 0.193 e. The number of ketones is 1. The quantitative estimate of drug-likeness (QED) is 0.792. The van der Waals surface area contributed by atoms with Crippen LogP contribution in [-0.4, -0.2) is 48.8 Å². The first kappa shape index (κ1) is 17.1. The molecule has 0 bridgehead atoms. The van der Waals surface area contributed by atoms with Crippen LogP contribution in [0.1, 0.15) is 21.5 Å². The van der Waals surface area contributed by atoms with Gasteiger partial charge in [0.1, 0.15) is 5.82 Å². The van der Waals surface area contributed by atoms with Crippen molar-refractivity contribution in [3.63, 3.8) is 0 Å². The van der Waals surface area contributed by atoms with Crippen molar-refractivity contribution in [1.82, 2.24) is 9.80 Å². The van der Waals surface area contributed by atoms with Crippen LogP contribution in [0.5, 0.6) is 0 Å². The van der Waals surface area contributed by atoms with Crippen molar-refractivity contribution in [3.05, 3.63) is 70.0 Å². The average molecular weight is 347 g/mol. The predicted molar refractivity (Wildman–Crippen MR) is 94.1 cm³/mol. The van der Waals surface area contributed by atoms with Gasteiger partial charge in [-0.3, -0.25) is 9.69 Å². The maximum atomic E-state index is 13.5. The van der Waals surface area contributed by atoms with Crippen molar-refractivity contribution in [1.29, 1.82) is 0 Å². The van der Waals surface area contributed by atoms with Gasteiger partial charge in [0.15, 0.2) is 5.78 Å². The van der Waals surface area contributed by atoms with Crippen LogP contribution in [0, 0.1) is 5.82 Å². The summed E-state index contributed by atoms with van der Waals surface area (Å²) in [6.45, 7) is 4.97. The van der Waals surface area contributed by atoms with Crippen LogP contribution in [0.3, 0.4) is 0 Å². The standard InChI is InChI=1S/C19H20ClFN2O/c1-22-5-7-23(8-6-22)13-14-3-2-4-15(9-14)19(24)16-10-17(20)12-18(21)11-16/h2-4,9-12H,5-8,13H2,1H3. The Morgan fingerprint density at radius 2 is 1.83 bits per heavy atom. The van der Waals surface area contributed by atoms with Crippen molar-refractivity contribution in [2.24, 2.45) is 0 Å². The molecule has 5 heteroatoms. The van der Waals surface area contributed by atoms with Crippen LogP contribution in [0.4, 0.5) is 4.39 Å². The molecular formula is C19H20ClFN2O. The molecule has 0 aliphatic carbocycles. The topological polar surface area (TPSA) is 23.6 Å². The number of piperazine rings is 1. The Morgan fingerprint density at radius 1 is 1.08 bits per heavy atom. The number of carbonyl (C=O) groups is 1. The summed E-state index contributed by atoms with van der Waals surface area (Å²) >= 11 is 5.85. The van der Waals surface area contributed by atoms with Gasteiger partial charge in [-0.1, -0.05) is 29.8 Å². The fourth-order valence-corrected chi connectivity index (χ4v) is 3.15. The lowest BCUT2D eigenvalue weighted by molar-refractivity contribution is 0.103. The normalized spacial score (nSPS) is 16.3. The molecule has 1 aliphatic rings. The van der Waals surface area contributed by atoms with Crippen molar-refractivity contribution >= 4 is 17.4 Å². The number of rotatable bonds is 4. The molecule has 1 saturated heterocycles. The Hall–Kier alpha value is -1.75. The molecule has 126 valence electrons. The molecule has 24 heavy (non-hydrogen) atoms. The maximum Gasteiger partial charge on any atom is 0.193 e. The first-order valence-corrected chi connectivity index (χ1v) is 8.40. The fraction of sp³-hybridized carbons (Fsp3) is 0.316. The van der Waals surface area contributed by atoms with E-state index in [0.717, 1.165) is 38.3 Å². The molecule has 1 fully saturated rings. The highest BCUT2D eigenvalue weighted by molar-refractivity contribution is 6.31. The van der Waals surface area contributed by atoms with Gasteiger partial charge in [-0.25, -0.2) is 4.39 Å². The monoisotopic (exact) mass is 346 g/mol. The van der Waals surface area contributed by atoms with Gasteiger partial charge >= 0.3 is 0 Å². The lowest BCUT2D eigenvalue weighted by Crippen LogP contribution is -2.43. The summed E-state index contributed by atoms with van der Waals surface area (Å²) in [4.78, 5) is 17.3. The van der Waals surface area contributed by atoms with Crippen LogP contribution in [0.25, 0.3) is 0 Å². The van der Waals surface area contributed by atoms with Crippen LogP contribution in [0.15, 0.2) is 42.5 Å². The molecule has 2 aromatic rings. The molecule has 2 aromatic carbocycles. The molecule has 0 radical (unpaired) electrons. The molecule has 1 heterocycles. The van der Waals surface area contributed by atoms with E-state index in [0.29, 0.717) is 5.56 Å². The zero-order valence-electron chi connectivity index (χ0n) is 13.6. The average Bonchev–Trinajstić information content (AvgIpc) is 2.56. The van der Waals surface area contributed by atoms with Crippen LogP contribution in [0.2, 0.25) is 5.02 Å². The van der Waals surface area contributed by atoms with Gasteiger partial charge in [0.05, 0.1) is 0 Å². The second-order valence-corrected chi connectivity index (χ2v) is 6.70. The summed E-state index contributed by atoms with van der Waals surface area (Å²) < 4.78 is 13.5. The number of nitrogens with zero attached hydrogens (tertiary/aromatic N) is 2. The van der Waals surface area contributed by atoms with Gasteiger partial charge in [0.2, 0.25) is 0 Å². The van der Waals surface area contributed by atoms with E-state index >= 15 is 0 Å². The van der Waals surface area contributed by atoms with E-state index in [1.165, 1.54) is 18.2 Å². The van der Waals surface area contributed by atoms with Gasteiger partial charge in [-0.15, -0.1) is 0 Å². The number of hydrogen-bond donors (Lipinski definition) is 0. The minimum atomic E-state index is -0.501. The van der Waals surface area contributed by atoms with Crippen molar-refractivity contribution < 1.29 is 9.18 Å². The first-order valence-electron chi connectivity index (χ1n) is 8.02. The van der Waals surface area contributed by atoms with Gasteiger partial charge in [0, 0.05) is 48.9 Å². The van der Waals surface area contributed by atoms with E-state index < -0.39 is 5.82 Å². The minimum absolute atomic E-state index is 0.211. The van der Waals surface area contributed by atoms with E-state index in [9.17, 15) is 9.18 Å². The number of benzene rings is 2. The van der Waals surface area contributed by atoms with Crippen LogP contribution >= 0.6 is 11.6 Å². The molecule has 0 atom stereocenters. The van der Waals surface area contributed by atoms with Gasteiger partial charge < -0.3 is 4.90 Å². The second kappa shape index (κ2) is 7.43. The lowest BCUT2D eigenvalue weighted by Gasteiger charge is -2.32. The summed E-state index contributed by atoms with van der Waals surface area (Å²) in [5.74, 6) is -0.712.